The number of rotatable bonds is 7. The minimum Gasteiger partial charge on any atom is -0.493 e. The number of carbonyl (C=O) groups is 2. The van der Waals surface area contributed by atoms with E-state index in [1.54, 1.807) is 12.0 Å². The van der Waals surface area contributed by atoms with E-state index in [-0.39, 0.29) is 30.4 Å². The molecular weight excluding hydrogens is 392 g/mol. The Hall–Kier alpha value is -3.02. The average Bonchev–Trinajstić information content (AvgIpc) is 3.38. The van der Waals surface area contributed by atoms with Crippen LogP contribution < -0.4 is 14.8 Å². The Labute approximate surface area is 183 Å². The Morgan fingerprint density at radius 2 is 1.94 bits per heavy atom. The normalized spacial score (nSPS) is 19.0. The molecule has 31 heavy (non-hydrogen) atoms. The highest BCUT2D eigenvalue weighted by Gasteiger charge is 2.32. The quantitative estimate of drug-likeness (QED) is 0.723. The summed E-state index contributed by atoms with van der Waals surface area (Å²) in [6.07, 6.45) is 5.16. The lowest BCUT2D eigenvalue weighted by Gasteiger charge is -2.19. The highest BCUT2D eigenvalue weighted by molar-refractivity contribution is 5.95. The first kappa shape index (κ1) is 21.2. The third kappa shape index (κ3) is 5.19. The van der Waals surface area contributed by atoms with Crippen LogP contribution in [-0.4, -0.2) is 43.0 Å². The van der Waals surface area contributed by atoms with E-state index in [1.165, 1.54) is 12.8 Å². The molecule has 1 heterocycles. The number of benzene rings is 2. The van der Waals surface area contributed by atoms with Crippen molar-refractivity contribution in [2.24, 2.45) is 0 Å². The van der Waals surface area contributed by atoms with Crippen LogP contribution in [0.5, 0.6) is 11.5 Å². The standard InChI is InChI=1S/C25H30N2O4/c1-17-6-5-7-20(12-17)26-24(28)16-27-15-19(14-25(27)29)18-10-11-22(30-2)23(13-18)31-21-8-3-4-9-21/h5-7,10-13,19,21H,3-4,8-9,14-16H2,1-2H3,(H,26,28). The van der Waals surface area contributed by atoms with Crippen molar-refractivity contribution in [1.82, 2.24) is 4.90 Å². The minimum absolute atomic E-state index is 0.00142. The Kier molecular flexibility index (Phi) is 6.44. The Balaban J connectivity index is 1.40. The fourth-order valence-electron chi connectivity index (χ4n) is 4.47. The van der Waals surface area contributed by atoms with Crippen LogP contribution in [0.15, 0.2) is 42.5 Å². The van der Waals surface area contributed by atoms with Gasteiger partial charge in [-0.05, 0) is 68.0 Å². The van der Waals surface area contributed by atoms with Crippen molar-refractivity contribution >= 4 is 17.5 Å². The average molecular weight is 423 g/mol. The zero-order valence-electron chi connectivity index (χ0n) is 18.2. The maximum atomic E-state index is 12.6. The van der Waals surface area contributed by atoms with Crippen LogP contribution in [0, 0.1) is 6.92 Å². The van der Waals surface area contributed by atoms with Crippen molar-refractivity contribution < 1.29 is 19.1 Å². The number of carbonyl (C=O) groups excluding carboxylic acids is 2. The Morgan fingerprint density at radius 3 is 2.68 bits per heavy atom. The summed E-state index contributed by atoms with van der Waals surface area (Å²) < 4.78 is 11.7. The van der Waals surface area contributed by atoms with Gasteiger partial charge < -0.3 is 19.7 Å². The number of anilines is 1. The van der Waals surface area contributed by atoms with E-state index in [4.69, 9.17) is 9.47 Å². The van der Waals surface area contributed by atoms with Gasteiger partial charge in [0.2, 0.25) is 11.8 Å². The summed E-state index contributed by atoms with van der Waals surface area (Å²) in [5, 5.41) is 2.88. The largest absolute Gasteiger partial charge is 0.493 e. The number of nitrogens with zero attached hydrogens (tertiary/aromatic N) is 1. The van der Waals surface area contributed by atoms with Gasteiger partial charge in [0.15, 0.2) is 11.5 Å². The van der Waals surface area contributed by atoms with Crippen molar-refractivity contribution in [3.8, 4) is 11.5 Å². The van der Waals surface area contributed by atoms with E-state index >= 15 is 0 Å². The molecule has 1 N–H and O–H groups in total. The van der Waals surface area contributed by atoms with Gasteiger partial charge in [-0.15, -0.1) is 0 Å². The third-order valence-corrected chi connectivity index (χ3v) is 6.11. The van der Waals surface area contributed by atoms with Gasteiger partial charge in [-0.3, -0.25) is 9.59 Å². The van der Waals surface area contributed by atoms with E-state index in [9.17, 15) is 9.59 Å². The molecule has 1 atom stereocenters. The van der Waals surface area contributed by atoms with Crippen molar-refractivity contribution in [3.05, 3.63) is 53.6 Å². The molecule has 2 amide bonds. The molecule has 4 rings (SSSR count). The van der Waals surface area contributed by atoms with Gasteiger partial charge in [0, 0.05) is 24.6 Å². The highest BCUT2D eigenvalue weighted by Crippen LogP contribution is 2.37. The van der Waals surface area contributed by atoms with Gasteiger partial charge in [0.25, 0.3) is 0 Å². The monoisotopic (exact) mass is 422 g/mol. The van der Waals surface area contributed by atoms with Gasteiger partial charge in [0.05, 0.1) is 19.8 Å². The van der Waals surface area contributed by atoms with Crippen molar-refractivity contribution in [2.75, 3.05) is 25.5 Å². The molecule has 0 radical (unpaired) electrons. The molecule has 0 bridgehead atoms. The molecular formula is C25H30N2O4. The summed E-state index contributed by atoms with van der Waals surface area (Å²) in [4.78, 5) is 26.7. The lowest BCUT2D eigenvalue weighted by molar-refractivity contribution is -0.131. The predicted molar refractivity (Wildman–Crippen MR) is 120 cm³/mol. The molecule has 2 aliphatic rings. The second-order valence-corrected chi connectivity index (χ2v) is 8.53. The number of ether oxygens (including phenoxy) is 2. The number of nitrogens with one attached hydrogen (secondary N) is 1. The fourth-order valence-corrected chi connectivity index (χ4v) is 4.47. The molecule has 2 aromatic carbocycles. The number of amides is 2. The summed E-state index contributed by atoms with van der Waals surface area (Å²) in [7, 11) is 1.64. The molecule has 1 saturated carbocycles. The van der Waals surface area contributed by atoms with Crippen LogP contribution in [0.3, 0.4) is 0 Å². The molecule has 1 aliphatic carbocycles. The van der Waals surface area contributed by atoms with Gasteiger partial charge in [-0.2, -0.15) is 0 Å². The number of aryl methyl sites for hydroxylation is 1. The number of methoxy groups -OCH3 is 1. The SMILES string of the molecule is COc1ccc(C2CC(=O)N(CC(=O)Nc3cccc(C)c3)C2)cc1OC1CCCC1. The predicted octanol–water partition coefficient (Wildman–Crippen LogP) is 4.28. The summed E-state index contributed by atoms with van der Waals surface area (Å²) in [6.45, 7) is 2.56. The van der Waals surface area contributed by atoms with Crippen LogP contribution >= 0.6 is 0 Å². The smallest absolute Gasteiger partial charge is 0.243 e. The summed E-state index contributed by atoms with van der Waals surface area (Å²) in [5.74, 6) is 1.32. The number of hydrogen-bond donors (Lipinski definition) is 1. The van der Waals surface area contributed by atoms with E-state index in [0.717, 1.165) is 41.2 Å². The van der Waals surface area contributed by atoms with Crippen LogP contribution in [-0.2, 0) is 9.59 Å². The molecule has 1 aliphatic heterocycles. The first-order valence-electron chi connectivity index (χ1n) is 11.0. The summed E-state index contributed by atoms with van der Waals surface area (Å²) in [6, 6.07) is 13.6. The molecule has 2 fully saturated rings. The van der Waals surface area contributed by atoms with Crippen molar-refractivity contribution in [3.63, 3.8) is 0 Å². The second-order valence-electron chi connectivity index (χ2n) is 8.53. The van der Waals surface area contributed by atoms with Gasteiger partial charge >= 0.3 is 0 Å². The zero-order chi connectivity index (χ0) is 21.8. The van der Waals surface area contributed by atoms with E-state index in [0.29, 0.717) is 13.0 Å². The molecule has 2 aromatic rings. The van der Waals surface area contributed by atoms with E-state index in [2.05, 4.69) is 5.32 Å². The van der Waals surface area contributed by atoms with Crippen LogP contribution in [0.1, 0.15) is 49.1 Å². The van der Waals surface area contributed by atoms with Crippen LogP contribution in [0.25, 0.3) is 0 Å². The number of hydrogen-bond acceptors (Lipinski definition) is 4. The second kappa shape index (κ2) is 9.41. The van der Waals surface area contributed by atoms with E-state index < -0.39 is 0 Å². The molecule has 0 aromatic heterocycles. The first-order chi connectivity index (χ1) is 15.0. The fraction of sp³-hybridized carbons (Fsp3) is 0.440. The minimum atomic E-state index is -0.181. The number of likely N-dealkylation sites (tertiary alicyclic amines) is 1. The molecule has 1 saturated heterocycles. The maximum absolute atomic E-state index is 12.6. The molecule has 0 spiro atoms. The van der Waals surface area contributed by atoms with Crippen molar-refractivity contribution in [2.45, 2.75) is 51.0 Å². The highest BCUT2D eigenvalue weighted by atomic mass is 16.5. The van der Waals surface area contributed by atoms with Crippen LogP contribution in [0.4, 0.5) is 5.69 Å². The molecule has 6 nitrogen and oxygen atoms in total. The molecule has 1 unspecified atom stereocenters. The first-order valence-corrected chi connectivity index (χ1v) is 11.0. The molecule has 164 valence electrons. The van der Waals surface area contributed by atoms with E-state index in [1.807, 2.05) is 49.4 Å². The zero-order valence-corrected chi connectivity index (χ0v) is 18.2. The topological polar surface area (TPSA) is 67.9 Å². The lowest BCUT2D eigenvalue weighted by atomic mass is 9.98. The summed E-state index contributed by atoms with van der Waals surface area (Å²) >= 11 is 0. The van der Waals surface area contributed by atoms with Gasteiger partial charge in [-0.1, -0.05) is 18.2 Å². The van der Waals surface area contributed by atoms with Crippen molar-refractivity contribution in [1.29, 1.82) is 0 Å². The van der Waals surface area contributed by atoms with Gasteiger partial charge in [0.1, 0.15) is 0 Å². The lowest BCUT2D eigenvalue weighted by Crippen LogP contribution is -2.34. The Morgan fingerprint density at radius 1 is 1.13 bits per heavy atom. The maximum Gasteiger partial charge on any atom is 0.243 e. The van der Waals surface area contributed by atoms with Crippen LogP contribution in [0.2, 0.25) is 0 Å². The van der Waals surface area contributed by atoms with Gasteiger partial charge in [-0.25, -0.2) is 0 Å². The molecule has 6 heteroatoms. The third-order valence-electron chi connectivity index (χ3n) is 6.11. The summed E-state index contributed by atoms with van der Waals surface area (Å²) in [5.41, 5.74) is 2.87. The Bertz CT molecular complexity index is 952.